The molecule has 0 saturated carbocycles. The largest absolute Gasteiger partial charge is 0.391 e. The van der Waals surface area contributed by atoms with E-state index in [4.69, 9.17) is 15.9 Å². The van der Waals surface area contributed by atoms with Crippen LogP contribution < -0.4 is 5.73 Å². The first-order chi connectivity index (χ1) is 5.51. The van der Waals surface area contributed by atoms with E-state index in [1.165, 1.54) is 0 Å². The van der Waals surface area contributed by atoms with E-state index in [9.17, 15) is 10.2 Å². The van der Waals surface area contributed by atoms with E-state index in [0.717, 1.165) is 0 Å². The molecule has 4 atom stereocenters. The Labute approximate surface area is 69.2 Å². The molecule has 1 unspecified atom stereocenters. The van der Waals surface area contributed by atoms with Gasteiger partial charge < -0.3 is 30.9 Å². The number of ether oxygens (including phenoxy) is 1. The molecule has 6 N–H and O–H groups in total. The molecular weight excluding hydrogens is 166 g/mol. The maximum Gasteiger partial charge on any atom is 0.207 e. The van der Waals surface area contributed by atoms with E-state index in [1.54, 1.807) is 0 Å². The van der Waals surface area contributed by atoms with Gasteiger partial charge in [0.05, 0.1) is 19.3 Å². The van der Waals surface area contributed by atoms with Gasteiger partial charge in [-0.2, -0.15) is 0 Å². The molecule has 6 heteroatoms. The first kappa shape index (κ1) is 9.85. The van der Waals surface area contributed by atoms with Crippen molar-refractivity contribution in [3.05, 3.63) is 0 Å². The third-order valence-corrected chi connectivity index (χ3v) is 2.01. The summed E-state index contributed by atoms with van der Waals surface area (Å²) >= 11 is 0. The second kappa shape index (κ2) is 3.25. The predicted octanol–water partition coefficient (Wildman–Crippen LogP) is -3.25. The van der Waals surface area contributed by atoms with Gasteiger partial charge in [0.2, 0.25) is 5.79 Å². The molecule has 0 radical (unpaired) electrons. The van der Waals surface area contributed by atoms with Crippen molar-refractivity contribution in [2.45, 2.75) is 24.0 Å². The van der Waals surface area contributed by atoms with Crippen LogP contribution in [0, 0.1) is 0 Å². The van der Waals surface area contributed by atoms with Crippen LogP contribution in [-0.4, -0.2) is 57.7 Å². The molecule has 0 aliphatic carbocycles. The average Bonchev–Trinajstić information content (AvgIpc) is 2.09. The summed E-state index contributed by atoms with van der Waals surface area (Å²) in [5, 5.41) is 36.3. The first-order valence-corrected chi connectivity index (χ1v) is 3.60. The Morgan fingerprint density at radius 1 is 1.50 bits per heavy atom. The van der Waals surface area contributed by atoms with Crippen molar-refractivity contribution in [1.82, 2.24) is 0 Å². The Balaban J connectivity index is 2.71. The molecule has 0 spiro atoms. The minimum Gasteiger partial charge on any atom is -0.391 e. The van der Waals surface area contributed by atoms with Crippen molar-refractivity contribution in [3.8, 4) is 0 Å². The van der Waals surface area contributed by atoms with E-state index in [-0.39, 0.29) is 6.61 Å². The molecule has 0 aromatic rings. The molecule has 1 aliphatic rings. The topological polar surface area (TPSA) is 116 Å². The van der Waals surface area contributed by atoms with Crippen LogP contribution in [0.15, 0.2) is 0 Å². The lowest BCUT2D eigenvalue weighted by Gasteiger charge is -2.41. The molecule has 6 nitrogen and oxygen atoms in total. The third-order valence-electron chi connectivity index (χ3n) is 2.01. The molecule has 12 heavy (non-hydrogen) atoms. The van der Waals surface area contributed by atoms with Crippen LogP contribution in [0.5, 0.6) is 0 Å². The van der Waals surface area contributed by atoms with Crippen LogP contribution >= 0.6 is 0 Å². The Bertz CT molecular complexity index is 166. The lowest BCUT2D eigenvalue weighted by Crippen LogP contribution is -2.66. The molecule has 1 fully saturated rings. The molecule has 1 saturated heterocycles. The van der Waals surface area contributed by atoms with E-state index >= 15 is 0 Å². The number of rotatable bonds is 1. The average molecular weight is 179 g/mol. The van der Waals surface area contributed by atoms with Crippen molar-refractivity contribution in [2.75, 3.05) is 13.2 Å². The Morgan fingerprint density at radius 3 is 2.58 bits per heavy atom. The van der Waals surface area contributed by atoms with Gasteiger partial charge in [-0.15, -0.1) is 0 Å². The van der Waals surface area contributed by atoms with E-state index < -0.39 is 30.6 Å². The van der Waals surface area contributed by atoms with Crippen molar-refractivity contribution < 1.29 is 25.2 Å². The lowest BCUT2D eigenvalue weighted by molar-refractivity contribution is -0.292. The van der Waals surface area contributed by atoms with Gasteiger partial charge in [-0.25, -0.2) is 0 Å². The molecule has 0 aromatic heterocycles. The summed E-state index contributed by atoms with van der Waals surface area (Å²) in [6.07, 6.45) is -2.40. The van der Waals surface area contributed by atoms with Gasteiger partial charge in [0.25, 0.3) is 0 Å². The Hall–Kier alpha value is -0.240. The standard InChI is InChI=1S/C6H13NO5/c7-5-4(10)3(9)1-12-6(5,11)2-8/h3-5,8-11H,1-2,7H2/t3-,4-,5-,6?/m0/s1. The molecule has 72 valence electrons. The normalized spacial score (nSPS) is 49.2. The SMILES string of the molecule is N[C@H]1[C@@H](O)[C@@H](O)COC1(O)CO. The fourth-order valence-electron chi connectivity index (χ4n) is 1.08. The van der Waals surface area contributed by atoms with Gasteiger partial charge in [-0.1, -0.05) is 0 Å². The summed E-state index contributed by atoms with van der Waals surface area (Å²) in [6, 6.07) is -1.20. The highest BCUT2D eigenvalue weighted by Crippen LogP contribution is 2.21. The van der Waals surface area contributed by atoms with E-state index in [2.05, 4.69) is 4.74 Å². The summed E-state index contributed by atoms with van der Waals surface area (Å²) in [5.74, 6) is -1.95. The van der Waals surface area contributed by atoms with Crippen LogP contribution in [0.1, 0.15) is 0 Å². The zero-order valence-corrected chi connectivity index (χ0v) is 6.42. The van der Waals surface area contributed by atoms with Crippen LogP contribution in [-0.2, 0) is 4.74 Å². The minimum atomic E-state index is -1.95. The molecule has 1 aliphatic heterocycles. The van der Waals surface area contributed by atoms with Gasteiger partial charge in [0.15, 0.2) is 0 Å². The van der Waals surface area contributed by atoms with Crippen molar-refractivity contribution >= 4 is 0 Å². The maximum atomic E-state index is 9.37. The predicted molar refractivity (Wildman–Crippen MR) is 38.0 cm³/mol. The number of hydrogen-bond acceptors (Lipinski definition) is 6. The molecule has 0 bridgehead atoms. The summed E-state index contributed by atoms with van der Waals surface area (Å²) in [7, 11) is 0. The second-order valence-corrected chi connectivity index (χ2v) is 2.90. The fourth-order valence-corrected chi connectivity index (χ4v) is 1.08. The van der Waals surface area contributed by atoms with Crippen LogP contribution in [0.3, 0.4) is 0 Å². The molecule has 1 rings (SSSR count). The van der Waals surface area contributed by atoms with Gasteiger partial charge >= 0.3 is 0 Å². The van der Waals surface area contributed by atoms with Crippen LogP contribution in [0.4, 0.5) is 0 Å². The zero-order chi connectivity index (χ0) is 9.35. The van der Waals surface area contributed by atoms with Crippen LogP contribution in [0.25, 0.3) is 0 Å². The van der Waals surface area contributed by atoms with Crippen molar-refractivity contribution in [1.29, 1.82) is 0 Å². The summed E-state index contributed by atoms with van der Waals surface area (Å²) in [4.78, 5) is 0. The minimum absolute atomic E-state index is 0.244. The summed E-state index contributed by atoms with van der Waals surface area (Å²) < 4.78 is 4.68. The monoisotopic (exact) mass is 179 g/mol. The molecule has 0 amide bonds. The number of aliphatic hydroxyl groups is 4. The smallest absolute Gasteiger partial charge is 0.207 e. The van der Waals surface area contributed by atoms with Gasteiger partial charge in [-0.3, -0.25) is 0 Å². The Kier molecular flexibility index (Phi) is 2.67. The molecular formula is C6H13NO5. The molecule has 1 heterocycles. The first-order valence-electron chi connectivity index (χ1n) is 3.60. The highest BCUT2D eigenvalue weighted by atomic mass is 16.6. The van der Waals surface area contributed by atoms with Crippen molar-refractivity contribution in [2.24, 2.45) is 5.73 Å². The highest BCUT2D eigenvalue weighted by molar-refractivity contribution is 4.94. The second-order valence-electron chi connectivity index (χ2n) is 2.90. The maximum absolute atomic E-state index is 9.37. The van der Waals surface area contributed by atoms with E-state index in [1.807, 2.05) is 0 Å². The van der Waals surface area contributed by atoms with Crippen molar-refractivity contribution in [3.63, 3.8) is 0 Å². The van der Waals surface area contributed by atoms with Gasteiger partial charge in [0, 0.05) is 0 Å². The van der Waals surface area contributed by atoms with Crippen LogP contribution in [0.2, 0.25) is 0 Å². The molecule has 0 aromatic carbocycles. The number of aliphatic hydroxyl groups excluding tert-OH is 3. The fraction of sp³-hybridized carbons (Fsp3) is 1.00. The highest BCUT2D eigenvalue weighted by Gasteiger charge is 2.46. The summed E-state index contributed by atoms with van der Waals surface area (Å²) in [6.45, 7) is -0.954. The number of hydrogen-bond donors (Lipinski definition) is 5. The Morgan fingerprint density at radius 2 is 2.08 bits per heavy atom. The quantitative estimate of drug-likeness (QED) is 0.288. The number of nitrogens with two attached hydrogens (primary N) is 1. The summed E-state index contributed by atoms with van der Waals surface area (Å²) in [5.41, 5.74) is 5.31. The van der Waals surface area contributed by atoms with Gasteiger partial charge in [-0.05, 0) is 0 Å². The van der Waals surface area contributed by atoms with Gasteiger partial charge in [0.1, 0.15) is 12.2 Å². The third kappa shape index (κ3) is 1.45. The van der Waals surface area contributed by atoms with E-state index in [0.29, 0.717) is 0 Å². The zero-order valence-electron chi connectivity index (χ0n) is 6.42. The lowest BCUT2D eigenvalue weighted by atomic mass is 9.95.